The van der Waals surface area contributed by atoms with E-state index in [4.69, 9.17) is 12.2 Å². The molecular formula is C22H19NOS3. The molecule has 0 atom stereocenters. The van der Waals surface area contributed by atoms with Crippen molar-refractivity contribution in [3.05, 3.63) is 74.4 Å². The maximum atomic E-state index is 13.3. The fourth-order valence-corrected chi connectivity index (χ4v) is 6.91. The topological polar surface area (TPSA) is 20.3 Å². The standard InChI is InChI=1S/C22H19NOS3/c1-14-8-7-11-16-18-20(26-27-21(18)25)22(2,3)23(19(14)16)17(24)13-12-15-9-5-4-6-10-15/h4-13H,1-3H3. The number of anilines is 1. The van der Waals surface area contributed by atoms with E-state index in [-0.39, 0.29) is 5.91 Å². The predicted molar refractivity (Wildman–Crippen MR) is 119 cm³/mol. The van der Waals surface area contributed by atoms with Gasteiger partial charge in [-0.05, 0) is 38.0 Å². The molecule has 0 spiro atoms. The number of carbonyl (C=O) groups excluding carboxylic acids is 1. The van der Waals surface area contributed by atoms with Gasteiger partial charge in [-0.2, -0.15) is 0 Å². The van der Waals surface area contributed by atoms with Crippen LogP contribution in [0.15, 0.2) is 54.6 Å². The number of hydrogen-bond acceptors (Lipinski definition) is 4. The fraction of sp³-hybridized carbons (Fsp3) is 0.182. The van der Waals surface area contributed by atoms with E-state index in [0.29, 0.717) is 0 Å². The maximum Gasteiger partial charge on any atom is 0.251 e. The zero-order valence-electron chi connectivity index (χ0n) is 15.4. The molecule has 0 saturated heterocycles. The second-order valence-electron chi connectivity index (χ2n) is 7.11. The van der Waals surface area contributed by atoms with Crippen molar-refractivity contribution in [2.24, 2.45) is 0 Å². The Morgan fingerprint density at radius 3 is 2.56 bits per heavy atom. The second kappa shape index (κ2) is 6.82. The Morgan fingerprint density at radius 2 is 1.81 bits per heavy atom. The molecule has 3 aromatic rings. The van der Waals surface area contributed by atoms with E-state index in [1.54, 1.807) is 26.8 Å². The summed E-state index contributed by atoms with van der Waals surface area (Å²) in [5.74, 6) is -0.0191. The summed E-state index contributed by atoms with van der Waals surface area (Å²) in [5, 5.41) is 0. The fourth-order valence-electron chi connectivity index (χ4n) is 3.63. The highest BCUT2D eigenvalue weighted by Crippen LogP contribution is 2.53. The van der Waals surface area contributed by atoms with Crippen LogP contribution in [0.1, 0.15) is 29.9 Å². The lowest BCUT2D eigenvalue weighted by Crippen LogP contribution is -2.47. The Hall–Kier alpha value is -2.08. The number of nitrogens with zero attached hydrogens (tertiary/aromatic N) is 1. The van der Waals surface area contributed by atoms with Crippen LogP contribution in [0.4, 0.5) is 5.69 Å². The smallest absolute Gasteiger partial charge is 0.251 e. The Balaban J connectivity index is 1.87. The third kappa shape index (κ3) is 3.00. The van der Waals surface area contributed by atoms with Crippen molar-refractivity contribution >= 4 is 50.6 Å². The van der Waals surface area contributed by atoms with E-state index in [0.717, 1.165) is 36.6 Å². The first-order chi connectivity index (χ1) is 12.9. The van der Waals surface area contributed by atoms with Gasteiger partial charge in [0.15, 0.2) is 0 Å². The number of fused-ring (bicyclic) bond motifs is 3. The molecule has 4 rings (SSSR count). The highest BCUT2D eigenvalue weighted by atomic mass is 32.9. The summed E-state index contributed by atoms with van der Waals surface area (Å²) in [6, 6.07) is 16.1. The van der Waals surface area contributed by atoms with Crippen molar-refractivity contribution in [1.82, 2.24) is 0 Å². The molecule has 1 aromatic heterocycles. The van der Waals surface area contributed by atoms with Crippen LogP contribution in [0, 0.1) is 10.7 Å². The predicted octanol–water partition coefficient (Wildman–Crippen LogP) is 6.81. The summed E-state index contributed by atoms with van der Waals surface area (Å²) in [4.78, 5) is 16.4. The van der Waals surface area contributed by atoms with Gasteiger partial charge in [-0.25, -0.2) is 0 Å². The third-order valence-electron chi connectivity index (χ3n) is 4.92. The van der Waals surface area contributed by atoms with Crippen molar-refractivity contribution in [2.45, 2.75) is 26.3 Å². The van der Waals surface area contributed by atoms with Crippen molar-refractivity contribution in [3.8, 4) is 11.1 Å². The van der Waals surface area contributed by atoms with Crippen LogP contribution in [0.25, 0.3) is 17.2 Å². The van der Waals surface area contributed by atoms with Crippen LogP contribution in [0.5, 0.6) is 0 Å². The molecule has 0 fully saturated rings. The Morgan fingerprint density at radius 1 is 1.07 bits per heavy atom. The second-order valence-corrected chi connectivity index (χ2v) is 9.92. The summed E-state index contributed by atoms with van der Waals surface area (Å²) in [6.45, 7) is 6.26. The van der Waals surface area contributed by atoms with Crippen molar-refractivity contribution in [3.63, 3.8) is 0 Å². The average molecular weight is 410 g/mol. The number of carbonyl (C=O) groups is 1. The molecule has 2 aromatic carbocycles. The molecular weight excluding hydrogens is 390 g/mol. The lowest BCUT2D eigenvalue weighted by atomic mass is 9.86. The Labute approximate surface area is 171 Å². The molecule has 0 saturated carbocycles. The van der Waals surface area contributed by atoms with Crippen LogP contribution < -0.4 is 4.90 Å². The first kappa shape index (κ1) is 18.3. The Bertz CT molecular complexity index is 1110. The number of hydrogen-bond donors (Lipinski definition) is 0. The average Bonchev–Trinajstić information content (AvgIpc) is 3.04. The van der Waals surface area contributed by atoms with Gasteiger partial charge in [0.2, 0.25) is 0 Å². The molecule has 27 heavy (non-hydrogen) atoms. The van der Waals surface area contributed by atoms with Crippen LogP contribution >= 0.6 is 32.9 Å². The highest BCUT2D eigenvalue weighted by molar-refractivity contribution is 7.80. The van der Waals surface area contributed by atoms with Gasteiger partial charge in [0.05, 0.1) is 16.1 Å². The molecule has 0 unspecified atom stereocenters. The van der Waals surface area contributed by atoms with Crippen LogP contribution in [0.3, 0.4) is 0 Å². The van der Waals surface area contributed by atoms with Crippen molar-refractivity contribution in [1.29, 1.82) is 0 Å². The molecule has 1 amide bonds. The van der Waals surface area contributed by atoms with E-state index in [9.17, 15) is 4.79 Å². The van der Waals surface area contributed by atoms with Gasteiger partial charge in [0, 0.05) is 17.2 Å². The van der Waals surface area contributed by atoms with Gasteiger partial charge < -0.3 is 0 Å². The van der Waals surface area contributed by atoms with Crippen LogP contribution in [-0.4, -0.2) is 5.91 Å². The molecule has 0 N–H and O–H groups in total. The highest BCUT2D eigenvalue weighted by Gasteiger charge is 2.42. The van der Waals surface area contributed by atoms with Gasteiger partial charge in [-0.15, -0.1) is 0 Å². The lowest BCUT2D eigenvalue weighted by Gasteiger charge is -2.43. The maximum absolute atomic E-state index is 13.3. The van der Waals surface area contributed by atoms with E-state index in [1.807, 2.05) is 47.4 Å². The molecule has 136 valence electrons. The molecule has 2 nitrogen and oxygen atoms in total. The SMILES string of the molecule is Cc1cccc2c1N(C(=O)C=Cc1ccccc1)C(C)(C)c1ssc(=S)c1-2. The minimum atomic E-state index is -0.454. The first-order valence-electron chi connectivity index (χ1n) is 8.72. The monoisotopic (exact) mass is 409 g/mol. The number of para-hydroxylation sites is 1. The number of aryl methyl sites for hydroxylation is 1. The van der Waals surface area contributed by atoms with Gasteiger partial charge in [0.1, 0.15) is 3.82 Å². The van der Waals surface area contributed by atoms with E-state index >= 15 is 0 Å². The molecule has 5 heteroatoms. The van der Waals surface area contributed by atoms with Gasteiger partial charge >= 0.3 is 0 Å². The van der Waals surface area contributed by atoms with Gasteiger partial charge in [0.25, 0.3) is 5.91 Å². The molecule has 0 radical (unpaired) electrons. The number of rotatable bonds is 2. The summed E-state index contributed by atoms with van der Waals surface area (Å²) >= 11 is 5.63. The third-order valence-corrected chi connectivity index (χ3v) is 8.25. The largest absolute Gasteiger partial charge is 0.297 e. The summed E-state index contributed by atoms with van der Waals surface area (Å²) in [5.41, 5.74) is 4.79. The molecule has 0 bridgehead atoms. The van der Waals surface area contributed by atoms with Crippen LogP contribution in [0.2, 0.25) is 0 Å². The summed E-state index contributed by atoms with van der Waals surface area (Å²) < 4.78 is 0.904. The molecule has 1 aliphatic heterocycles. The molecule has 0 aliphatic carbocycles. The van der Waals surface area contributed by atoms with E-state index < -0.39 is 5.54 Å². The van der Waals surface area contributed by atoms with Gasteiger partial charge in [-0.3, -0.25) is 9.69 Å². The quantitative estimate of drug-likeness (QED) is 0.263. The van der Waals surface area contributed by atoms with E-state index in [2.05, 4.69) is 32.9 Å². The number of benzene rings is 2. The van der Waals surface area contributed by atoms with Crippen molar-refractivity contribution < 1.29 is 4.79 Å². The molecule has 2 heterocycles. The minimum Gasteiger partial charge on any atom is -0.297 e. The summed E-state index contributed by atoms with van der Waals surface area (Å²) in [6.07, 6.45) is 3.55. The van der Waals surface area contributed by atoms with Gasteiger partial charge in [-0.1, -0.05) is 81.4 Å². The summed E-state index contributed by atoms with van der Waals surface area (Å²) in [7, 11) is 3.30. The van der Waals surface area contributed by atoms with E-state index in [1.165, 1.54) is 0 Å². The minimum absolute atomic E-state index is 0.0191. The number of amides is 1. The Kier molecular flexibility index (Phi) is 4.62. The lowest BCUT2D eigenvalue weighted by molar-refractivity contribution is -0.115. The molecule has 1 aliphatic rings. The zero-order valence-corrected chi connectivity index (χ0v) is 17.8. The first-order valence-corrected chi connectivity index (χ1v) is 11.3. The normalized spacial score (nSPS) is 14.9. The zero-order chi connectivity index (χ0) is 19.2. The van der Waals surface area contributed by atoms with Crippen molar-refractivity contribution in [2.75, 3.05) is 4.90 Å². The van der Waals surface area contributed by atoms with Crippen LogP contribution in [-0.2, 0) is 10.3 Å².